The van der Waals surface area contributed by atoms with Crippen molar-refractivity contribution < 1.29 is 9.18 Å². The first-order chi connectivity index (χ1) is 12.0. The molecule has 2 aromatic rings. The molecule has 0 aromatic heterocycles. The predicted molar refractivity (Wildman–Crippen MR) is 100 cm³/mol. The smallest absolute Gasteiger partial charge is 0.246 e. The van der Waals surface area contributed by atoms with Crippen LogP contribution in [0.5, 0.6) is 0 Å². The number of benzene rings is 2. The van der Waals surface area contributed by atoms with Crippen LogP contribution in [0.2, 0.25) is 5.02 Å². The zero-order valence-electron chi connectivity index (χ0n) is 14.1. The monoisotopic (exact) mass is 358 g/mol. The van der Waals surface area contributed by atoms with E-state index in [1.807, 2.05) is 17.0 Å². The predicted octanol–water partition coefficient (Wildman–Crippen LogP) is 4.15. The number of anilines is 1. The lowest BCUT2D eigenvalue weighted by atomic mass is 10.1. The number of aryl methyl sites for hydroxylation is 1. The highest BCUT2D eigenvalue weighted by Crippen LogP contribution is 2.21. The van der Waals surface area contributed by atoms with Crippen LogP contribution in [-0.2, 0) is 4.79 Å². The molecule has 0 saturated carbocycles. The number of carbonyl (C=O) groups excluding carboxylic acids is 1. The molecule has 0 N–H and O–H groups in total. The molecule has 25 heavy (non-hydrogen) atoms. The maximum atomic E-state index is 13.2. The average Bonchev–Trinajstić information content (AvgIpc) is 2.63. The Labute approximate surface area is 152 Å². The van der Waals surface area contributed by atoms with Crippen LogP contribution < -0.4 is 4.90 Å². The molecular formula is C20H20ClFN2O. The van der Waals surface area contributed by atoms with E-state index in [9.17, 15) is 9.18 Å². The van der Waals surface area contributed by atoms with Gasteiger partial charge in [0.15, 0.2) is 0 Å². The van der Waals surface area contributed by atoms with Crippen LogP contribution in [0.25, 0.3) is 6.08 Å². The van der Waals surface area contributed by atoms with Gasteiger partial charge in [0.1, 0.15) is 5.82 Å². The standard InChI is InChI=1S/C20H20ClFN2O/c1-15-4-2-3-5-19(15)23-10-12-24(13-11-23)20(25)9-7-16-6-8-18(22)17(21)14-16/h2-9,14H,10-13H2,1H3. The highest BCUT2D eigenvalue weighted by Gasteiger charge is 2.20. The Hall–Kier alpha value is -2.33. The first-order valence-electron chi connectivity index (χ1n) is 8.27. The fourth-order valence-corrected chi connectivity index (χ4v) is 3.16. The Morgan fingerprint density at radius 2 is 1.84 bits per heavy atom. The molecule has 0 spiro atoms. The second kappa shape index (κ2) is 7.70. The van der Waals surface area contributed by atoms with E-state index in [-0.39, 0.29) is 10.9 Å². The van der Waals surface area contributed by atoms with Gasteiger partial charge in [0.05, 0.1) is 5.02 Å². The van der Waals surface area contributed by atoms with E-state index in [2.05, 4.69) is 24.0 Å². The Morgan fingerprint density at radius 1 is 1.12 bits per heavy atom. The van der Waals surface area contributed by atoms with Gasteiger partial charge in [-0.25, -0.2) is 4.39 Å². The number of para-hydroxylation sites is 1. The third-order valence-electron chi connectivity index (χ3n) is 4.41. The minimum absolute atomic E-state index is 0.0371. The van der Waals surface area contributed by atoms with Crippen molar-refractivity contribution in [3.05, 3.63) is 70.5 Å². The van der Waals surface area contributed by atoms with Crippen molar-refractivity contribution >= 4 is 29.3 Å². The Morgan fingerprint density at radius 3 is 2.52 bits per heavy atom. The Bertz CT molecular complexity index is 798. The fraction of sp³-hybridized carbons (Fsp3) is 0.250. The first-order valence-corrected chi connectivity index (χ1v) is 8.65. The molecule has 0 aliphatic carbocycles. The van der Waals surface area contributed by atoms with Crippen LogP contribution in [0.15, 0.2) is 48.5 Å². The number of hydrogen-bond donors (Lipinski definition) is 0. The minimum Gasteiger partial charge on any atom is -0.368 e. The second-order valence-electron chi connectivity index (χ2n) is 6.11. The zero-order chi connectivity index (χ0) is 17.8. The summed E-state index contributed by atoms with van der Waals surface area (Å²) in [6.07, 6.45) is 3.19. The molecule has 1 aliphatic rings. The lowest BCUT2D eigenvalue weighted by molar-refractivity contribution is -0.126. The number of amides is 1. The number of hydrogen-bond acceptors (Lipinski definition) is 2. The van der Waals surface area contributed by atoms with Crippen LogP contribution in [-0.4, -0.2) is 37.0 Å². The van der Waals surface area contributed by atoms with E-state index in [1.165, 1.54) is 29.5 Å². The van der Waals surface area contributed by atoms with Gasteiger partial charge in [-0.2, -0.15) is 0 Å². The minimum atomic E-state index is -0.461. The molecule has 0 atom stereocenters. The van der Waals surface area contributed by atoms with Crippen LogP contribution in [0.4, 0.5) is 10.1 Å². The highest BCUT2D eigenvalue weighted by molar-refractivity contribution is 6.30. The van der Waals surface area contributed by atoms with E-state index >= 15 is 0 Å². The highest BCUT2D eigenvalue weighted by atomic mass is 35.5. The summed E-state index contributed by atoms with van der Waals surface area (Å²) in [7, 11) is 0. The van der Waals surface area contributed by atoms with Crippen molar-refractivity contribution in [2.24, 2.45) is 0 Å². The maximum absolute atomic E-state index is 13.2. The van der Waals surface area contributed by atoms with E-state index in [4.69, 9.17) is 11.6 Å². The lowest BCUT2D eigenvalue weighted by Gasteiger charge is -2.36. The molecule has 1 saturated heterocycles. The normalized spacial score (nSPS) is 15.0. The number of carbonyl (C=O) groups is 1. The van der Waals surface area contributed by atoms with Gasteiger partial charge in [-0.15, -0.1) is 0 Å². The summed E-state index contributed by atoms with van der Waals surface area (Å²) in [6, 6.07) is 12.7. The zero-order valence-corrected chi connectivity index (χ0v) is 14.8. The van der Waals surface area contributed by atoms with E-state index < -0.39 is 5.82 Å². The Balaban J connectivity index is 1.59. The van der Waals surface area contributed by atoms with E-state index in [0.29, 0.717) is 18.7 Å². The van der Waals surface area contributed by atoms with Crippen molar-refractivity contribution in [3.63, 3.8) is 0 Å². The fourth-order valence-electron chi connectivity index (χ4n) is 2.97. The third-order valence-corrected chi connectivity index (χ3v) is 4.70. The molecule has 3 nitrogen and oxygen atoms in total. The van der Waals surface area contributed by atoms with Gasteiger partial charge >= 0.3 is 0 Å². The van der Waals surface area contributed by atoms with Crippen molar-refractivity contribution in [1.82, 2.24) is 4.90 Å². The molecule has 130 valence electrons. The molecule has 5 heteroatoms. The van der Waals surface area contributed by atoms with E-state index in [1.54, 1.807) is 12.1 Å². The van der Waals surface area contributed by atoms with Gasteiger partial charge in [-0.3, -0.25) is 4.79 Å². The lowest BCUT2D eigenvalue weighted by Crippen LogP contribution is -2.48. The number of rotatable bonds is 3. The van der Waals surface area contributed by atoms with Gasteiger partial charge in [0, 0.05) is 37.9 Å². The van der Waals surface area contributed by atoms with Crippen LogP contribution in [0.3, 0.4) is 0 Å². The Kier molecular flexibility index (Phi) is 5.39. The summed E-state index contributed by atoms with van der Waals surface area (Å²) in [4.78, 5) is 16.5. The summed E-state index contributed by atoms with van der Waals surface area (Å²) in [5, 5.41) is 0.0569. The molecule has 1 fully saturated rings. The summed E-state index contributed by atoms with van der Waals surface area (Å²) in [5.41, 5.74) is 3.18. The summed E-state index contributed by atoms with van der Waals surface area (Å²) < 4.78 is 13.2. The molecular weight excluding hydrogens is 339 g/mol. The van der Waals surface area contributed by atoms with Gasteiger partial charge < -0.3 is 9.80 Å². The first kappa shape index (κ1) is 17.5. The molecule has 0 unspecified atom stereocenters. The number of piperazine rings is 1. The molecule has 3 rings (SSSR count). The quantitative estimate of drug-likeness (QED) is 0.769. The number of halogens is 2. The topological polar surface area (TPSA) is 23.6 Å². The molecule has 1 amide bonds. The van der Waals surface area contributed by atoms with Crippen molar-refractivity contribution in [3.8, 4) is 0 Å². The van der Waals surface area contributed by atoms with E-state index in [0.717, 1.165) is 13.1 Å². The SMILES string of the molecule is Cc1ccccc1N1CCN(C(=O)C=Cc2ccc(F)c(Cl)c2)CC1. The van der Waals surface area contributed by atoms with Gasteiger partial charge in [-0.1, -0.05) is 35.9 Å². The maximum Gasteiger partial charge on any atom is 0.246 e. The molecule has 0 radical (unpaired) electrons. The summed E-state index contributed by atoms with van der Waals surface area (Å²) in [6.45, 7) is 5.09. The van der Waals surface area contributed by atoms with Crippen LogP contribution in [0, 0.1) is 12.7 Å². The van der Waals surface area contributed by atoms with Gasteiger partial charge in [0.2, 0.25) is 5.91 Å². The molecule has 1 aliphatic heterocycles. The number of nitrogens with zero attached hydrogens (tertiary/aromatic N) is 2. The largest absolute Gasteiger partial charge is 0.368 e. The van der Waals surface area contributed by atoms with Gasteiger partial charge in [0.25, 0.3) is 0 Å². The average molecular weight is 359 g/mol. The van der Waals surface area contributed by atoms with Crippen LogP contribution in [0.1, 0.15) is 11.1 Å². The second-order valence-corrected chi connectivity index (χ2v) is 6.51. The molecule has 2 aromatic carbocycles. The van der Waals surface area contributed by atoms with Crippen molar-refractivity contribution in [2.75, 3.05) is 31.1 Å². The third kappa shape index (κ3) is 4.20. The van der Waals surface area contributed by atoms with Crippen molar-refractivity contribution in [1.29, 1.82) is 0 Å². The summed E-state index contributed by atoms with van der Waals surface area (Å²) >= 11 is 5.76. The van der Waals surface area contributed by atoms with Gasteiger partial charge in [-0.05, 0) is 42.3 Å². The molecule has 0 bridgehead atoms. The summed E-state index contributed by atoms with van der Waals surface area (Å²) in [5.74, 6) is -0.498. The van der Waals surface area contributed by atoms with Crippen LogP contribution >= 0.6 is 11.6 Å². The van der Waals surface area contributed by atoms with Crippen molar-refractivity contribution in [2.45, 2.75) is 6.92 Å². The molecule has 1 heterocycles.